The Morgan fingerprint density at radius 2 is 1.84 bits per heavy atom. The van der Waals surface area contributed by atoms with Gasteiger partial charge in [-0.15, -0.1) is 0 Å². The van der Waals surface area contributed by atoms with Crippen LogP contribution < -0.4 is 26.4 Å². The Balaban J connectivity index is 1.10. The molecule has 5 aliphatic rings. The van der Waals surface area contributed by atoms with E-state index >= 15 is 0 Å². The predicted octanol–water partition coefficient (Wildman–Crippen LogP) is 4.44. The summed E-state index contributed by atoms with van der Waals surface area (Å²) in [5, 5.41) is 20.8. The van der Waals surface area contributed by atoms with E-state index < -0.39 is 0 Å². The average Bonchev–Trinajstić information content (AvgIpc) is 2.93. The van der Waals surface area contributed by atoms with Gasteiger partial charge in [0.05, 0.1) is 13.3 Å². The summed E-state index contributed by atoms with van der Waals surface area (Å²) in [6.07, 6.45) is 13.0. The minimum Gasteiger partial charge on any atom is -0.496 e. The molecule has 7 rings (SSSR count). The minimum atomic E-state index is 0.298. The number of nitrogens with two attached hydrogens (primary N) is 1. The lowest BCUT2D eigenvalue weighted by Gasteiger charge is -2.61. The predicted molar refractivity (Wildman–Crippen MR) is 149 cm³/mol. The van der Waals surface area contributed by atoms with Gasteiger partial charge >= 0.3 is 0 Å². The lowest BCUT2D eigenvalue weighted by molar-refractivity contribution is -0.0729. The summed E-state index contributed by atoms with van der Waals surface area (Å²) in [4.78, 5) is 9.09. The van der Waals surface area contributed by atoms with Gasteiger partial charge in [-0.3, -0.25) is 0 Å². The average molecular weight is 516 g/mol. The summed E-state index contributed by atoms with van der Waals surface area (Å²) in [6.45, 7) is 1.42. The van der Waals surface area contributed by atoms with Crippen LogP contribution in [0, 0.1) is 34.5 Å². The monoisotopic (exact) mass is 515 g/mol. The Labute approximate surface area is 226 Å². The summed E-state index contributed by atoms with van der Waals surface area (Å²) in [7, 11) is 1.67. The molecule has 202 valence electrons. The molecule has 8 nitrogen and oxygen atoms in total. The van der Waals surface area contributed by atoms with Crippen molar-refractivity contribution in [3.63, 3.8) is 0 Å². The van der Waals surface area contributed by atoms with Crippen molar-refractivity contribution in [2.75, 3.05) is 24.3 Å². The number of hydrogen-bond acceptors (Lipinski definition) is 8. The van der Waals surface area contributed by atoms with E-state index in [0.29, 0.717) is 47.4 Å². The topological polar surface area (TPSA) is 121 Å². The number of hydrogen-bond donors (Lipinski definition) is 4. The Morgan fingerprint density at radius 3 is 2.58 bits per heavy atom. The zero-order valence-electron chi connectivity index (χ0n) is 22.5. The lowest BCUT2D eigenvalue weighted by atomic mass is 9.47. The highest BCUT2D eigenvalue weighted by Gasteiger charge is 2.55. The highest BCUT2D eigenvalue weighted by Crippen LogP contribution is 2.60. The summed E-state index contributed by atoms with van der Waals surface area (Å²) in [6, 6.07) is 11.9. The van der Waals surface area contributed by atoms with Crippen LogP contribution in [0.25, 0.3) is 0 Å². The Hall–Kier alpha value is -2.89. The van der Waals surface area contributed by atoms with Gasteiger partial charge in [0.1, 0.15) is 23.2 Å². The van der Waals surface area contributed by atoms with Crippen LogP contribution in [0.1, 0.15) is 68.9 Å². The van der Waals surface area contributed by atoms with Crippen LogP contribution >= 0.6 is 0 Å². The van der Waals surface area contributed by atoms with Crippen LogP contribution in [0.5, 0.6) is 5.75 Å². The van der Waals surface area contributed by atoms with Crippen molar-refractivity contribution in [3.05, 3.63) is 41.6 Å². The molecule has 38 heavy (non-hydrogen) atoms. The fraction of sp³-hybridized carbons (Fsp3) is 0.633. The second-order valence-electron chi connectivity index (χ2n) is 12.4. The van der Waals surface area contributed by atoms with Crippen molar-refractivity contribution in [2.45, 2.75) is 82.5 Å². The molecule has 1 aromatic carbocycles. The maximum atomic E-state index is 9.73. The third-order valence-corrected chi connectivity index (χ3v) is 9.77. The van der Waals surface area contributed by atoms with E-state index in [4.69, 9.17) is 15.5 Å². The zero-order chi connectivity index (χ0) is 26.1. The molecular weight excluding hydrogens is 474 g/mol. The SMILES string of the molecule is COc1ccccc1CNc1ncc(C#N)c(NCC23CC4C[C@H](C2)C(NC2CCC(N)CC2)[C@@H](C4)C3)n1. The van der Waals surface area contributed by atoms with Crippen LogP contribution in [-0.4, -0.2) is 41.7 Å². The van der Waals surface area contributed by atoms with E-state index in [9.17, 15) is 5.26 Å². The number of nitrogens with zero attached hydrogens (tertiary/aromatic N) is 3. The number of anilines is 2. The molecule has 8 heteroatoms. The molecule has 0 amide bonds. The standard InChI is InChI=1S/C30H41N7O/c1-38-26-5-3-2-4-20(26)16-33-29-34-17-23(15-31)28(37-29)35-18-30-12-19-10-21(13-30)27(22(11-19)14-30)36-25-8-6-24(32)7-9-25/h2-5,17,19,21-22,24-25,27,36H,6-14,16,18,32H2,1H3,(H2,33,34,35,37)/t19?,21-,22+,24?,25?,27?,30?. The van der Waals surface area contributed by atoms with Gasteiger partial charge in [0, 0.05) is 36.8 Å². The number of ether oxygens (including phenoxy) is 1. The Morgan fingerprint density at radius 1 is 1.08 bits per heavy atom. The number of nitriles is 1. The van der Waals surface area contributed by atoms with Crippen molar-refractivity contribution in [1.29, 1.82) is 5.26 Å². The fourth-order valence-electron chi connectivity index (χ4n) is 8.22. The second-order valence-corrected chi connectivity index (χ2v) is 12.4. The Bertz CT molecular complexity index is 1160. The third kappa shape index (κ3) is 5.19. The first-order chi connectivity index (χ1) is 18.5. The van der Waals surface area contributed by atoms with Crippen LogP contribution in [-0.2, 0) is 6.54 Å². The van der Waals surface area contributed by atoms with E-state index in [1.165, 1.54) is 44.9 Å². The summed E-state index contributed by atoms with van der Waals surface area (Å²) in [5.74, 6) is 4.34. The van der Waals surface area contributed by atoms with E-state index in [1.807, 2.05) is 24.3 Å². The molecule has 3 unspecified atom stereocenters. The highest BCUT2D eigenvalue weighted by atomic mass is 16.5. The second kappa shape index (κ2) is 10.7. The number of aromatic nitrogens is 2. The van der Waals surface area contributed by atoms with Crippen molar-refractivity contribution < 1.29 is 4.74 Å². The summed E-state index contributed by atoms with van der Waals surface area (Å²) >= 11 is 0. The van der Waals surface area contributed by atoms with Gasteiger partial charge < -0.3 is 26.4 Å². The molecule has 0 spiro atoms. The quantitative estimate of drug-likeness (QED) is 0.387. The number of rotatable bonds is 9. The van der Waals surface area contributed by atoms with Crippen molar-refractivity contribution in [3.8, 4) is 11.8 Å². The first-order valence-electron chi connectivity index (χ1n) is 14.4. The molecule has 2 aromatic rings. The van der Waals surface area contributed by atoms with E-state index in [0.717, 1.165) is 48.5 Å². The van der Waals surface area contributed by atoms with Gasteiger partial charge in [0.2, 0.25) is 5.95 Å². The zero-order valence-corrected chi connectivity index (χ0v) is 22.5. The molecule has 0 saturated heterocycles. The van der Waals surface area contributed by atoms with Crippen LogP contribution in [0.2, 0.25) is 0 Å². The van der Waals surface area contributed by atoms with Gasteiger partial charge in [0.25, 0.3) is 0 Å². The first-order valence-corrected chi connectivity index (χ1v) is 14.4. The number of methoxy groups -OCH3 is 1. The summed E-state index contributed by atoms with van der Waals surface area (Å²) in [5.41, 5.74) is 7.98. The molecule has 5 saturated carbocycles. The molecule has 5 atom stereocenters. The molecular formula is C30H41N7O. The molecule has 5 fully saturated rings. The number of para-hydroxylation sites is 1. The molecule has 1 aromatic heterocycles. The van der Waals surface area contributed by atoms with E-state index in [-0.39, 0.29) is 0 Å². The van der Waals surface area contributed by atoms with Gasteiger partial charge in [0.15, 0.2) is 0 Å². The number of benzene rings is 1. The smallest absolute Gasteiger partial charge is 0.224 e. The molecule has 4 bridgehead atoms. The van der Waals surface area contributed by atoms with Crippen LogP contribution in [0.4, 0.5) is 11.8 Å². The lowest BCUT2D eigenvalue weighted by Crippen LogP contribution is -2.61. The van der Waals surface area contributed by atoms with Crippen LogP contribution in [0.15, 0.2) is 30.5 Å². The maximum Gasteiger partial charge on any atom is 0.224 e. The molecule has 5 N–H and O–H groups in total. The van der Waals surface area contributed by atoms with Crippen molar-refractivity contribution in [1.82, 2.24) is 15.3 Å². The van der Waals surface area contributed by atoms with Crippen molar-refractivity contribution >= 4 is 11.8 Å². The molecule has 0 radical (unpaired) electrons. The largest absolute Gasteiger partial charge is 0.496 e. The first kappa shape index (κ1) is 25.4. The van der Waals surface area contributed by atoms with Gasteiger partial charge in [-0.1, -0.05) is 18.2 Å². The normalized spacial score (nSPS) is 33.5. The third-order valence-electron chi connectivity index (χ3n) is 9.77. The van der Waals surface area contributed by atoms with Gasteiger partial charge in [-0.05, 0) is 87.0 Å². The fourth-order valence-corrected chi connectivity index (χ4v) is 8.22. The highest BCUT2D eigenvalue weighted by molar-refractivity contribution is 5.53. The van der Waals surface area contributed by atoms with Gasteiger partial charge in [-0.25, -0.2) is 4.98 Å². The molecule has 1 heterocycles. The minimum absolute atomic E-state index is 0.298. The van der Waals surface area contributed by atoms with E-state index in [1.54, 1.807) is 13.3 Å². The van der Waals surface area contributed by atoms with E-state index in [2.05, 4.69) is 27.0 Å². The maximum absolute atomic E-state index is 9.73. The van der Waals surface area contributed by atoms with Crippen molar-refractivity contribution in [2.24, 2.45) is 28.9 Å². The van der Waals surface area contributed by atoms with Gasteiger partial charge in [-0.2, -0.15) is 10.2 Å². The molecule has 0 aliphatic heterocycles. The Kier molecular flexibility index (Phi) is 7.15. The molecule has 5 aliphatic carbocycles. The van der Waals surface area contributed by atoms with Crippen LogP contribution in [0.3, 0.4) is 0 Å². The number of nitrogens with one attached hydrogen (secondary N) is 3. The summed E-state index contributed by atoms with van der Waals surface area (Å²) < 4.78 is 5.46.